The maximum atomic E-state index is 12.4. The lowest BCUT2D eigenvalue weighted by molar-refractivity contribution is -0.384. The second-order valence-corrected chi connectivity index (χ2v) is 8.93. The zero-order valence-electron chi connectivity index (χ0n) is 20.9. The lowest BCUT2D eigenvalue weighted by Gasteiger charge is -2.07. The van der Waals surface area contributed by atoms with Gasteiger partial charge in [0.15, 0.2) is 5.58 Å². The summed E-state index contributed by atoms with van der Waals surface area (Å²) in [7, 11) is 0. The fraction of sp³-hybridized carbons (Fsp3) is 0.133. The number of hydrogen-bond acceptors (Lipinski definition) is 6. The fourth-order valence-electron chi connectivity index (χ4n) is 4.08. The van der Waals surface area contributed by atoms with Crippen molar-refractivity contribution in [1.29, 1.82) is 0 Å². The Hall–Kier alpha value is -4.98. The maximum absolute atomic E-state index is 12.4. The van der Waals surface area contributed by atoms with Crippen molar-refractivity contribution in [2.45, 2.75) is 26.2 Å². The van der Waals surface area contributed by atoms with E-state index < -0.39 is 4.92 Å². The summed E-state index contributed by atoms with van der Waals surface area (Å²) in [5.41, 5.74) is 4.53. The number of oxazole rings is 1. The van der Waals surface area contributed by atoms with E-state index in [0.717, 1.165) is 23.1 Å². The number of nitrogens with one attached hydrogen (secondary N) is 1. The van der Waals surface area contributed by atoms with Gasteiger partial charge >= 0.3 is 0 Å². The smallest absolute Gasteiger partial charge is 0.280 e. The van der Waals surface area contributed by atoms with Gasteiger partial charge in [0.1, 0.15) is 17.0 Å². The van der Waals surface area contributed by atoms with Crippen LogP contribution in [0.4, 0.5) is 11.4 Å². The molecular weight excluding hydrogens is 482 g/mol. The minimum absolute atomic E-state index is 0.0488. The van der Waals surface area contributed by atoms with Crippen molar-refractivity contribution in [3.8, 4) is 22.8 Å². The molecule has 8 heteroatoms. The normalized spacial score (nSPS) is 12.2. The summed E-state index contributed by atoms with van der Waals surface area (Å²) < 4.78 is 11.6. The number of anilines is 1. The van der Waals surface area contributed by atoms with Gasteiger partial charge in [-0.15, -0.1) is 0 Å². The molecule has 0 spiro atoms. The first-order valence-electron chi connectivity index (χ1n) is 12.2. The third-order valence-electron chi connectivity index (χ3n) is 6.38. The number of aromatic nitrogens is 1. The van der Waals surface area contributed by atoms with Gasteiger partial charge < -0.3 is 14.2 Å². The van der Waals surface area contributed by atoms with Gasteiger partial charge in [-0.3, -0.25) is 14.9 Å². The summed E-state index contributed by atoms with van der Waals surface area (Å²) in [5.74, 6) is 1.38. The number of para-hydroxylation sites is 1. The van der Waals surface area contributed by atoms with E-state index in [1.165, 1.54) is 23.8 Å². The molecule has 2 heterocycles. The van der Waals surface area contributed by atoms with E-state index in [4.69, 9.17) is 8.83 Å². The third kappa shape index (κ3) is 5.24. The largest absolute Gasteiger partial charge is 0.456 e. The molecule has 1 atom stereocenters. The van der Waals surface area contributed by atoms with E-state index in [1.807, 2.05) is 18.2 Å². The molecule has 1 unspecified atom stereocenters. The van der Waals surface area contributed by atoms with Gasteiger partial charge in [-0.2, -0.15) is 0 Å². The number of benzene rings is 3. The SMILES string of the molecule is CCC(C)c1ccc2oc(-c3ccc(NC(=O)C=Cc4ccc(-c5ccccc5[N+](=O)[O-])o4)cc3)nc2c1. The molecule has 0 aliphatic carbocycles. The number of hydrogen-bond donors (Lipinski definition) is 1. The predicted octanol–water partition coefficient (Wildman–Crippen LogP) is 7.83. The molecule has 0 aliphatic rings. The van der Waals surface area contributed by atoms with Crippen molar-refractivity contribution in [3.63, 3.8) is 0 Å². The van der Waals surface area contributed by atoms with E-state index in [2.05, 4.69) is 36.3 Å². The van der Waals surface area contributed by atoms with Gasteiger partial charge in [-0.1, -0.05) is 32.0 Å². The van der Waals surface area contributed by atoms with Crippen molar-refractivity contribution in [1.82, 2.24) is 4.98 Å². The van der Waals surface area contributed by atoms with Crippen LogP contribution in [0.2, 0.25) is 0 Å². The summed E-state index contributed by atoms with van der Waals surface area (Å²) in [4.78, 5) is 27.9. The van der Waals surface area contributed by atoms with Crippen LogP contribution in [0.15, 0.2) is 93.8 Å². The molecule has 0 fully saturated rings. The zero-order chi connectivity index (χ0) is 26.6. The minimum atomic E-state index is -0.458. The van der Waals surface area contributed by atoms with Crippen molar-refractivity contribution < 1.29 is 18.6 Å². The Morgan fingerprint density at radius 1 is 1.05 bits per heavy atom. The van der Waals surface area contributed by atoms with Crippen LogP contribution in [0.1, 0.15) is 37.5 Å². The van der Waals surface area contributed by atoms with Crippen molar-refractivity contribution in [2.75, 3.05) is 5.32 Å². The number of nitro groups is 1. The van der Waals surface area contributed by atoms with E-state index in [9.17, 15) is 14.9 Å². The molecule has 1 amide bonds. The number of furan rings is 1. The Balaban J connectivity index is 1.24. The van der Waals surface area contributed by atoms with Crippen LogP contribution >= 0.6 is 0 Å². The summed E-state index contributed by atoms with van der Waals surface area (Å²) in [6.45, 7) is 4.35. The van der Waals surface area contributed by atoms with Gasteiger partial charge in [0, 0.05) is 23.4 Å². The Bertz CT molecular complexity index is 1650. The van der Waals surface area contributed by atoms with Crippen LogP contribution in [-0.2, 0) is 4.79 Å². The number of carbonyl (C=O) groups excluding carboxylic acids is 1. The van der Waals surface area contributed by atoms with Gasteiger partial charge in [-0.05, 0) is 78.6 Å². The van der Waals surface area contributed by atoms with Gasteiger partial charge in [0.25, 0.3) is 5.69 Å². The first kappa shape index (κ1) is 24.7. The van der Waals surface area contributed by atoms with E-state index in [1.54, 1.807) is 42.5 Å². The number of nitrogens with zero attached hydrogens (tertiary/aromatic N) is 2. The van der Waals surface area contributed by atoms with Crippen LogP contribution in [0.3, 0.4) is 0 Å². The molecule has 0 bridgehead atoms. The Morgan fingerprint density at radius 2 is 1.84 bits per heavy atom. The van der Waals surface area contributed by atoms with Crippen LogP contribution in [-0.4, -0.2) is 15.8 Å². The molecule has 5 aromatic rings. The van der Waals surface area contributed by atoms with Crippen LogP contribution in [0.5, 0.6) is 0 Å². The van der Waals surface area contributed by atoms with Crippen LogP contribution < -0.4 is 5.32 Å². The third-order valence-corrected chi connectivity index (χ3v) is 6.38. The van der Waals surface area contributed by atoms with Crippen LogP contribution in [0.25, 0.3) is 40.0 Å². The molecule has 0 saturated heterocycles. The van der Waals surface area contributed by atoms with Gasteiger partial charge in [-0.25, -0.2) is 4.98 Å². The van der Waals surface area contributed by atoms with Gasteiger partial charge in [0.2, 0.25) is 11.8 Å². The average molecular weight is 508 g/mol. The lowest BCUT2D eigenvalue weighted by Crippen LogP contribution is -2.07. The van der Waals surface area contributed by atoms with E-state index in [0.29, 0.717) is 34.6 Å². The summed E-state index contributed by atoms with van der Waals surface area (Å²) in [5, 5.41) is 14.1. The summed E-state index contributed by atoms with van der Waals surface area (Å²) in [6.07, 6.45) is 3.90. The number of amides is 1. The highest BCUT2D eigenvalue weighted by atomic mass is 16.6. The number of rotatable bonds is 8. The van der Waals surface area contributed by atoms with Crippen molar-refractivity contribution in [3.05, 3.63) is 106 Å². The molecule has 0 aliphatic heterocycles. The number of carbonyl (C=O) groups is 1. The summed E-state index contributed by atoms with van der Waals surface area (Å²) in [6, 6.07) is 23.0. The van der Waals surface area contributed by atoms with Crippen molar-refractivity contribution >= 4 is 34.5 Å². The monoisotopic (exact) mass is 507 g/mol. The molecule has 2 aromatic heterocycles. The van der Waals surface area contributed by atoms with E-state index in [-0.39, 0.29) is 11.6 Å². The van der Waals surface area contributed by atoms with E-state index >= 15 is 0 Å². The molecule has 0 saturated carbocycles. The molecule has 38 heavy (non-hydrogen) atoms. The predicted molar refractivity (Wildman–Crippen MR) is 147 cm³/mol. The average Bonchev–Trinajstić information content (AvgIpc) is 3.59. The number of fused-ring (bicyclic) bond motifs is 1. The van der Waals surface area contributed by atoms with Crippen molar-refractivity contribution in [2.24, 2.45) is 0 Å². The standard InChI is InChI=1S/C30H25N3O5/c1-3-19(2)21-10-15-28-25(18-21)32-30(38-28)20-8-11-22(12-9-20)31-29(34)17-14-23-13-16-27(37-23)24-6-4-5-7-26(24)33(35)36/h4-19H,3H2,1-2H3,(H,31,34). The molecule has 0 radical (unpaired) electrons. The first-order chi connectivity index (χ1) is 18.4. The second-order valence-electron chi connectivity index (χ2n) is 8.93. The molecule has 5 rings (SSSR count). The highest BCUT2D eigenvalue weighted by Crippen LogP contribution is 2.31. The molecule has 1 N–H and O–H groups in total. The Kier molecular flexibility index (Phi) is 6.86. The molecule has 3 aromatic carbocycles. The van der Waals surface area contributed by atoms with Crippen LogP contribution in [0, 0.1) is 10.1 Å². The fourth-order valence-corrected chi connectivity index (χ4v) is 4.08. The molecule has 8 nitrogen and oxygen atoms in total. The summed E-state index contributed by atoms with van der Waals surface area (Å²) >= 11 is 0. The Labute approximate surface area is 218 Å². The topological polar surface area (TPSA) is 111 Å². The molecular formula is C30H25N3O5. The first-order valence-corrected chi connectivity index (χ1v) is 12.2. The zero-order valence-corrected chi connectivity index (χ0v) is 20.9. The molecule has 190 valence electrons. The van der Waals surface area contributed by atoms with Gasteiger partial charge in [0.05, 0.1) is 10.5 Å². The maximum Gasteiger partial charge on any atom is 0.280 e. The lowest BCUT2D eigenvalue weighted by atomic mass is 9.98. The number of nitro benzene ring substituents is 1. The Morgan fingerprint density at radius 3 is 2.61 bits per heavy atom. The highest BCUT2D eigenvalue weighted by molar-refractivity contribution is 6.01. The minimum Gasteiger partial charge on any atom is -0.456 e. The highest BCUT2D eigenvalue weighted by Gasteiger charge is 2.17. The quantitative estimate of drug-likeness (QED) is 0.130. The second kappa shape index (κ2) is 10.6.